The third kappa shape index (κ3) is 7.00. The van der Waals surface area contributed by atoms with Gasteiger partial charge in [0.15, 0.2) is 5.96 Å². The number of guanidine groups is 1. The molecule has 1 aliphatic heterocycles. The molecule has 3 N–H and O–H groups in total. The summed E-state index contributed by atoms with van der Waals surface area (Å²) in [6.07, 6.45) is 1.59. The van der Waals surface area contributed by atoms with Crippen molar-refractivity contribution in [1.82, 2.24) is 10.6 Å². The number of ether oxygens (including phenoxy) is 1. The number of carbonyl (C=O) groups is 1. The van der Waals surface area contributed by atoms with Gasteiger partial charge in [0.1, 0.15) is 0 Å². The summed E-state index contributed by atoms with van der Waals surface area (Å²) >= 11 is 0. The Morgan fingerprint density at radius 2 is 1.81 bits per heavy atom. The van der Waals surface area contributed by atoms with E-state index in [9.17, 15) is 4.79 Å². The summed E-state index contributed by atoms with van der Waals surface area (Å²) in [4.78, 5) is 18.4. The van der Waals surface area contributed by atoms with Gasteiger partial charge in [-0.15, -0.1) is 0 Å². The van der Waals surface area contributed by atoms with Crippen LogP contribution in [0.5, 0.6) is 0 Å². The van der Waals surface area contributed by atoms with Crippen LogP contribution in [-0.4, -0.2) is 45.2 Å². The van der Waals surface area contributed by atoms with Gasteiger partial charge in [0.2, 0.25) is 5.91 Å². The highest BCUT2D eigenvalue weighted by atomic mass is 16.5. The van der Waals surface area contributed by atoms with Crippen LogP contribution in [0.4, 0.5) is 11.4 Å². The summed E-state index contributed by atoms with van der Waals surface area (Å²) in [7, 11) is 1.70. The van der Waals surface area contributed by atoms with Crippen molar-refractivity contribution in [3.05, 3.63) is 59.7 Å². The molecule has 0 atom stereocenters. The zero-order valence-electron chi connectivity index (χ0n) is 18.5. The number of aliphatic imine (C=N–C) groups is 1. The van der Waals surface area contributed by atoms with E-state index >= 15 is 0 Å². The van der Waals surface area contributed by atoms with Gasteiger partial charge in [0.05, 0.1) is 13.2 Å². The lowest BCUT2D eigenvalue weighted by Gasteiger charge is -2.16. The lowest BCUT2D eigenvalue weighted by molar-refractivity contribution is -0.117. The number of methoxy groups -OCH3 is 1. The molecular formula is C24H33N5O2. The minimum atomic E-state index is 0.211. The SMILES string of the molecule is CCNC(=NCc1ccc(N2CCCC2=O)cc1)NCc1ccc(NCCOC)cc1. The topological polar surface area (TPSA) is 78.0 Å². The smallest absolute Gasteiger partial charge is 0.227 e. The number of carbonyl (C=O) groups excluding carboxylic acids is 1. The molecule has 0 aromatic heterocycles. The average molecular weight is 424 g/mol. The summed E-state index contributed by atoms with van der Waals surface area (Å²) in [5, 5.41) is 9.99. The molecule has 3 rings (SSSR count). The Hall–Kier alpha value is -3.06. The van der Waals surface area contributed by atoms with Crippen molar-refractivity contribution >= 4 is 23.2 Å². The highest BCUT2D eigenvalue weighted by Crippen LogP contribution is 2.21. The van der Waals surface area contributed by atoms with Crippen LogP contribution in [0.2, 0.25) is 0 Å². The standard InChI is InChI=1S/C24H33N5O2/c1-3-25-24(27-17-19-6-10-21(11-7-19)26-14-16-31-2)28-18-20-8-12-22(13-9-20)29-15-4-5-23(29)30/h6-13,26H,3-5,14-18H2,1-2H3,(H2,25,27,28). The van der Waals surface area contributed by atoms with Gasteiger partial charge in [0, 0.05) is 51.1 Å². The van der Waals surface area contributed by atoms with E-state index in [1.165, 1.54) is 5.56 Å². The van der Waals surface area contributed by atoms with Gasteiger partial charge in [-0.05, 0) is 48.7 Å². The van der Waals surface area contributed by atoms with Crippen LogP contribution in [0.15, 0.2) is 53.5 Å². The Morgan fingerprint density at radius 3 is 2.45 bits per heavy atom. The molecule has 1 aliphatic rings. The molecule has 31 heavy (non-hydrogen) atoms. The van der Waals surface area contributed by atoms with Crippen LogP contribution in [0.1, 0.15) is 30.9 Å². The molecule has 7 heteroatoms. The zero-order valence-corrected chi connectivity index (χ0v) is 18.5. The zero-order chi connectivity index (χ0) is 21.9. The fraction of sp³-hybridized carbons (Fsp3) is 0.417. The molecule has 1 amide bonds. The van der Waals surface area contributed by atoms with E-state index in [-0.39, 0.29) is 5.91 Å². The summed E-state index contributed by atoms with van der Waals surface area (Å²) in [6, 6.07) is 16.5. The second kappa shape index (κ2) is 12.0. The average Bonchev–Trinajstić information content (AvgIpc) is 3.23. The molecule has 0 spiro atoms. The van der Waals surface area contributed by atoms with Crippen LogP contribution in [0.25, 0.3) is 0 Å². The summed E-state index contributed by atoms with van der Waals surface area (Å²) in [5.41, 5.74) is 4.35. The van der Waals surface area contributed by atoms with Crippen molar-refractivity contribution in [3.63, 3.8) is 0 Å². The van der Waals surface area contributed by atoms with Crippen LogP contribution in [-0.2, 0) is 22.6 Å². The van der Waals surface area contributed by atoms with E-state index in [1.807, 2.05) is 29.2 Å². The van der Waals surface area contributed by atoms with Gasteiger partial charge >= 0.3 is 0 Å². The minimum absolute atomic E-state index is 0.211. The first-order chi connectivity index (χ1) is 15.2. The molecule has 0 saturated carbocycles. The summed E-state index contributed by atoms with van der Waals surface area (Å²) < 4.78 is 5.06. The number of hydrogen-bond donors (Lipinski definition) is 3. The van der Waals surface area contributed by atoms with Crippen molar-refractivity contribution in [2.45, 2.75) is 32.9 Å². The molecule has 1 saturated heterocycles. The molecule has 1 heterocycles. The predicted octanol–water partition coefficient (Wildman–Crippen LogP) is 3.13. The van der Waals surface area contributed by atoms with Crippen LogP contribution < -0.4 is 20.9 Å². The Labute approximate surface area is 184 Å². The van der Waals surface area contributed by atoms with Gasteiger partial charge in [-0.3, -0.25) is 4.79 Å². The Bertz CT molecular complexity index is 849. The molecule has 166 valence electrons. The lowest BCUT2D eigenvalue weighted by Crippen LogP contribution is -2.36. The Balaban J connectivity index is 1.52. The third-order valence-corrected chi connectivity index (χ3v) is 5.13. The summed E-state index contributed by atoms with van der Waals surface area (Å²) in [6.45, 7) is 6.41. The molecule has 0 unspecified atom stereocenters. The largest absolute Gasteiger partial charge is 0.383 e. The highest BCUT2D eigenvalue weighted by molar-refractivity contribution is 5.95. The van der Waals surface area contributed by atoms with Gasteiger partial charge in [-0.2, -0.15) is 0 Å². The van der Waals surface area contributed by atoms with Crippen molar-refractivity contribution in [2.24, 2.45) is 4.99 Å². The van der Waals surface area contributed by atoms with Crippen LogP contribution in [0.3, 0.4) is 0 Å². The normalized spacial score (nSPS) is 14.1. The first kappa shape index (κ1) is 22.6. The maximum atomic E-state index is 11.9. The molecule has 2 aromatic rings. The molecule has 0 radical (unpaired) electrons. The maximum absolute atomic E-state index is 11.9. The van der Waals surface area contributed by atoms with Crippen LogP contribution in [0, 0.1) is 0 Å². The number of nitrogens with one attached hydrogen (secondary N) is 3. The minimum Gasteiger partial charge on any atom is -0.383 e. The number of nitrogens with zero attached hydrogens (tertiary/aromatic N) is 2. The van der Waals surface area contributed by atoms with E-state index in [2.05, 4.69) is 47.1 Å². The van der Waals surface area contributed by atoms with E-state index < -0.39 is 0 Å². The van der Waals surface area contributed by atoms with Crippen LogP contribution >= 0.6 is 0 Å². The Kier molecular flexibility index (Phi) is 8.72. The number of amides is 1. The van der Waals surface area contributed by atoms with Crippen molar-refractivity contribution in [1.29, 1.82) is 0 Å². The van der Waals surface area contributed by atoms with E-state index in [1.54, 1.807) is 7.11 Å². The van der Waals surface area contributed by atoms with Crippen molar-refractivity contribution in [3.8, 4) is 0 Å². The van der Waals surface area contributed by atoms with Crippen molar-refractivity contribution in [2.75, 3.05) is 43.6 Å². The highest BCUT2D eigenvalue weighted by Gasteiger charge is 2.21. The number of benzene rings is 2. The van der Waals surface area contributed by atoms with Gasteiger partial charge < -0.3 is 25.6 Å². The predicted molar refractivity (Wildman–Crippen MR) is 126 cm³/mol. The second-order valence-electron chi connectivity index (χ2n) is 7.48. The van der Waals surface area contributed by atoms with E-state index in [0.717, 1.165) is 49.0 Å². The molecule has 2 aromatic carbocycles. The number of rotatable bonds is 10. The van der Waals surface area contributed by atoms with Gasteiger partial charge in [0.25, 0.3) is 0 Å². The molecule has 0 bridgehead atoms. The molecular weight excluding hydrogens is 390 g/mol. The van der Waals surface area contributed by atoms with E-state index in [0.29, 0.717) is 26.1 Å². The van der Waals surface area contributed by atoms with Gasteiger partial charge in [-0.25, -0.2) is 4.99 Å². The third-order valence-electron chi connectivity index (χ3n) is 5.13. The van der Waals surface area contributed by atoms with E-state index in [4.69, 9.17) is 9.73 Å². The monoisotopic (exact) mass is 423 g/mol. The molecule has 0 aliphatic carbocycles. The number of anilines is 2. The quantitative estimate of drug-likeness (QED) is 0.311. The fourth-order valence-corrected chi connectivity index (χ4v) is 3.44. The van der Waals surface area contributed by atoms with Gasteiger partial charge in [-0.1, -0.05) is 24.3 Å². The van der Waals surface area contributed by atoms with Crippen molar-refractivity contribution < 1.29 is 9.53 Å². The summed E-state index contributed by atoms with van der Waals surface area (Å²) in [5.74, 6) is 0.992. The molecule has 1 fully saturated rings. The fourth-order valence-electron chi connectivity index (χ4n) is 3.44. The lowest BCUT2D eigenvalue weighted by atomic mass is 10.2. The second-order valence-corrected chi connectivity index (χ2v) is 7.48. The first-order valence-corrected chi connectivity index (χ1v) is 10.9. The molecule has 7 nitrogen and oxygen atoms in total. The Morgan fingerprint density at radius 1 is 1.06 bits per heavy atom. The number of hydrogen-bond acceptors (Lipinski definition) is 4. The first-order valence-electron chi connectivity index (χ1n) is 10.9. The maximum Gasteiger partial charge on any atom is 0.227 e.